The van der Waals surface area contributed by atoms with Gasteiger partial charge in [-0.2, -0.15) is 0 Å². The first-order valence-corrected chi connectivity index (χ1v) is 10.1. The Hall–Kier alpha value is -1.84. The third-order valence-corrected chi connectivity index (χ3v) is 4.64. The minimum Gasteiger partial charge on any atom is -0.459 e. The molecule has 146 valence electrons. The van der Waals surface area contributed by atoms with Gasteiger partial charge in [0.25, 0.3) is 0 Å². The SMILES string of the molecule is CCCC(CC)OC(=O)c1cccc(CC)c1C(=O)OC(CC)CCC. The highest BCUT2D eigenvalue weighted by atomic mass is 16.5. The molecule has 2 atom stereocenters. The van der Waals surface area contributed by atoms with Crippen molar-refractivity contribution in [3.05, 3.63) is 34.9 Å². The topological polar surface area (TPSA) is 52.6 Å². The Balaban J connectivity index is 3.13. The molecule has 0 bridgehead atoms. The number of carbonyl (C=O) groups excluding carboxylic acids is 2. The van der Waals surface area contributed by atoms with Crippen molar-refractivity contribution in [1.82, 2.24) is 0 Å². The zero-order valence-electron chi connectivity index (χ0n) is 17.0. The third kappa shape index (κ3) is 6.15. The Kier molecular flexibility index (Phi) is 10.0. The van der Waals surface area contributed by atoms with Gasteiger partial charge in [-0.3, -0.25) is 0 Å². The van der Waals surface area contributed by atoms with E-state index in [4.69, 9.17) is 9.47 Å². The Labute approximate surface area is 158 Å². The number of rotatable bonds is 11. The van der Waals surface area contributed by atoms with E-state index in [0.29, 0.717) is 17.5 Å². The highest BCUT2D eigenvalue weighted by molar-refractivity contribution is 6.04. The molecule has 0 fully saturated rings. The molecule has 0 saturated heterocycles. The van der Waals surface area contributed by atoms with Crippen LogP contribution in [0.25, 0.3) is 0 Å². The number of hydrogen-bond donors (Lipinski definition) is 0. The first kappa shape index (κ1) is 22.2. The summed E-state index contributed by atoms with van der Waals surface area (Å²) in [7, 11) is 0. The van der Waals surface area contributed by atoms with E-state index in [9.17, 15) is 9.59 Å². The quantitative estimate of drug-likeness (QED) is 0.472. The molecular formula is C22H34O4. The molecule has 0 saturated carbocycles. The minimum atomic E-state index is -0.434. The molecule has 0 aliphatic carbocycles. The lowest BCUT2D eigenvalue weighted by molar-refractivity contribution is 0.0222. The van der Waals surface area contributed by atoms with Crippen LogP contribution in [0.3, 0.4) is 0 Å². The molecular weight excluding hydrogens is 328 g/mol. The fourth-order valence-electron chi connectivity index (χ4n) is 3.07. The lowest BCUT2D eigenvalue weighted by atomic mass is 9.99. The van der Waals surface area contributed by atoms with Crippen LogP contribution in [0.1, 0.15) is 99.4 Å². The van der Waals surface area contributed by atoms with Gasteiger partial charge >= 0.3 is 11.9 Å². The van der Waals surface area contributed by atoms with E-state index in [-0.39, 0.29) is 12.2 Å². The monoisotopic (exact) mass is 362 g/mol. The molecule has 0 amide bonds. The predicted octanol–water partition coefficient (Wildman–Crippen LogP) is 5.72. The van der Waals surface area contributed by atoms with Crippen LogP contribution >= 0.6 is 0 Å². The van der Waals surface area contributed by atoms with Crippen LogP contribution in [0.15, 0.2) is 18.2 Å². The Bertz CT molecular complexity index is 580. The van der Waals surface area contributed by atoms with Crippen molar-refractivity contribution in [1.29, 1.82) is 0 Å². The van der Waals surface area contributed by atoms with E-state index in [1.807, 2.05) is 26.8 Å². The zero-order valence-corrected chi connectivity index (χ0v) is 17.0. The number of hydrogen-bond acceptors (Lipinski definition) is 4. The second kappa shape index (κ2) is 11.7. The normalized spacial score (nSPS) is 13.1. The number of ether oxygens (including phenoxy) is 2. The standard InChI is InChI=1S/C22H34O4/c1-6-12-17(9-4)25-21(23)19-15-11-14-16(8-3)20(19)22(24)26-18(10-5)13-7-2/h11,14-15,17-18H,6-10,12-13H2,1-5H3. The van der Waals surface area contributed by atoms with Gasteiger partial charge in [-0.15, -0.1) is 0 Å². The Morgan fingerprint density at radius 2 is 1.38 bits per heavy atom. The molecule has 2 unspecified atom stereocenters. The molecule has 1 aromatic rings. The van der Waals surface area contributed by atoms with Gasteiger partial charge in [0.1, 0.15) is 12.2 Å². The molecule has 0 aliphatic rings. The summed E-state index contributed by atoms with van der Waals surface area (Å²) in [5.74, 6) is -0.852. The summed E-state index contributed by atoms with van der Waals surface area (Å²) in [6.45, 7) is 10.1. The van der Waals surface area contributed by atoms with Crippen LogP contribution in [-0.4, -0.2) is 24.1 Å². The first-order valence-electron chi connectivity index (χ1n) is 10.1. The van der Waals surface area contributed by atoms with Crippen LogP contribution < -0.4 is 0 Å². The van der Waals surface area contributed by atoms with E-state index >= 15 is 0 Å². The average Bonchev–Trinajstić information content (AvgIpc) is 2.66. The van der Waals surface area contributed by atoms with Gasteiger partial charge in [0.05, 0.1) is 11.1 Å². The molecule has 1 aromatic carbocycles. The highest BCUT2D eigenvalue weighted by Crippen LogP contribution is 2.22. The fraction of sp³-hybridized carbons (Fsp3) is 0.636. The van der Waals surface area contributed by atoms with Gasteiger partial charge in [0, 0.05) is 0 Å². The summed E-state index contributed by atoms with van der Waals surface area (Å²) in [6, 6.07) is 5.34. The first-order chi connectivity index (χ1) is 12.5. The van der Waals surface area contributed by atoms with Gasteiger partial charge in [0.15, 0.2) is 0 Å². The highest BCUT2D eigenvalue weighted by Gasteiger charge is 2.25. The fourth-order valence-corrected chi connectivity index (χ4v) is 3.07. The van der Waals surface area contributed by atoms with Crippen molar-refractivity contribution >= 4 is 11.9 Å². The number of benzene rings is 1. The Morgan fingerprint density at radius 1 is 0.846 bits per heavy atom. The predicted molar refractivity (Wildman–Crippen MR) is 105 cm³/mol. The number of aryl methyl sites for hydroxylation is 1. The van der Waals surface area contributed by atoms with Crippen LogP contribution in [0.5, 0.6) is 0 Å². The molecule has 4 nitrogen and oxygen atoms in total. The summed E-state index contributed by atoms with van der Waals surface area (Å²) in [6.07, 6.45) is 5.49. The maximum absolute atomic E-state index is 12.8. The average molecular weight is 363 g/mol. The Morgan fingerprint density at radius 3 is 1.85 bits per heavy atom. The van der Waals surface area contributed by atoms with Gasteiger partial charge in [-0.1, -0.05) is 59.6 Å². The molecule has 4 heteroatoms. The number of esters is 2. The lowest BCUT2D eigenvalue weighted by Crippen LogP contribution is -2.23. The van der Waals surface area contributed by atoms with Gasteiger partial charge in [-0.05, 0) is 43.7 Å². The van der Waals surface area contributed by atoms with Crippen LogP contribution in [0.4, 0.5) is 0 Å². The minimum absolute atomic E-state index is 0.120. The summed E-state index contributed by atoms with van der Waals surface area (Å²) in [4.78, 5) is 25.6. The molecule has 26 heavy (non-hydrogen) atoms. The van der Waals surface area contributed by atoms with Crippen LogP contribution in [-0.2, 0) is 15.9 Å². The van der Waals surface area contributed by atoms with E-state index in [1.54, 1.807) is 12.1 Å². The number of carbonyl (C=O) groups is 2. The van der Waals surface area contributed by atoms with Crippen LogP contribution in [0, 0.1) is 0 Å². The second-order valence-corrected chi connectivity index (χ2v) is 6.64. The lowest BCUT2D eigenvalue weighted by Gasteiger charge is -2.20. The third-order valence-electron chi connectivity index (χ3n) is 4.64. The summed E-state index contributed by atoms with van der Waals surface area (Å²) < 4.78 is 11.3. The largest absolute Gasteiger partial charge is 0.459 e. The van der Waals surface area contributed by atoms with Crippen molar-refractivity contribution in [3.63, 3.8) is 0 Å². The van der Waals surface area contributed by atoms with E-state index in [0.717, 1.165) is 44.1 Å². The van der Waals surface area contributed by atoms with Crippen molar-refractivity contribution in [2.45, 2.75) is 91.8 Å². The van der Waals surface area contributed by atoms with Crippen molar-refractivity contribution < 1.29 is 19.1 Å². The van der Waals surface area contributed by atoms with Gasteiger partial charge in [0.2, 0.25) is 0 Å². The van der Waals surface area contributed by atoms with Gasteiger partial charge < -0.3 is 9.47 Å². The molecule has 0 heterocycles. The van der Waals surface area contributed by atoms with Gasteiger partial charge in [-0.25, -0.2) is 9.59 Å². The molecule has 1 rings (SSSR count). The van der Waals surface area contributed by atoms with E-state index < -0.39 is 11.9 Å². The van der Waals surface area contributed by atoms with Crippen molar-refractivity contribution in [2.24, 2.45) is 0 Å². The molecule has 0 radical (unpaired) electrons. The zero-order chi connectivity index (χ0) is 19.5. The van der Waals surface area contributed by atoms with Crippen molar-refractivity contribution in [2.75, 3.05) is 0 Å². The second-order valence-electron chi connectivity index (χ2n) is 6.64. The summed E-state index contributed by atoms with van der Waals surface area (Å²) in [5.41, 5.74) is 1.50. The smallest absolute Gasteiger partial charge is 0.339 e. The molecule has 0 spiro atoms. The maximum atomic E-state index is 12.8. The summed E-state index contributed by atoms with van der Waals surface area (Å²) in [5, 5.41) is 0. The van der Waals surface area contributed by atoms with Crippen molar-refractivity contribution in [3.8, 4) is 0 Å². The van der Waals surface area contributed by atoms with E-state index in [2.05, 4.69) is 13.8 Å². The molecule has 0 N–H and O–H groups in total. The molecule has 0 aliphatic heterocycles. The summed E-state index contributed by atoms with van der Waals surface area (Å²) >= 11 is 0. The van der Waals surface area contributed by atoms with E-state index in [1.165, 1.54) is 0 Å². The maximum Gasteiger partial charge on any atom is 0.339 e. The van der Waals surface area contributed by atoms with Crippen LogP contribution in [0.2, 0.25) is 0 Å². The molecule has 0 aromatic heterocycles.